The van der Waals surface area contributed by atoms with Gasteiger partial charge in [-0.1, -0.05) is 44.5 Å². The zero-order valence-corrected chi connectivity index (χ0v) is 13.4. The summed E-state index contributed by atoms with van der Waals surface area (Å²) in [6.45, 7) is 5.36. The van der Waals surface area contributed by atoms with E-state index in [-0.39, 0.29) is 11.4 Å². The summed E-state index contributed by atoms with van der Waals surface area (Å²) in [5, 5.41) is 16.8. The van der Waals surface area contributed by atoms with Crippen LogP contribution in [0.3, 0.4) is 0 Å². The van der Waals surface area contributed by atoms with E-state index in [0.717, 1.165) is 11.3 Å². The minimum absolute atomic E-state index is 0.115. The Morgan fingerprint density at radius 2 is 1.95 bits per heavy atom. The number of hydrogen-bond donors (Lipinski definition) is 1. The first-order valence-corrected chi connectivity index (χ1v) is 7.16. The predicted molar refractivity (Wildman–Crippen MR) is 87.1 cm³/mol. The Labute approximate surface area is 134 Å². The van der Waals surface area contributed by atoms with Gasteiger partial charge in [0.05, 0.1) is 17.5 Å². The van der Waals surface area contributed by atoms with Gasteiger partial charge in [-0.25, -0.2) is 0 Å². The molecule has 0 atom stereocenters. The molecule has 0 spiro atoms. The molecular weight excluding hydrogens is 298 g/mol. The Hall–Kier alpha value is -2.38. The maximum atomic E-state index is 12.3. The number of nitriles is 1. The number of benzene rings is 1. The number of rotatable bonds is 3. The van der Waals surface area contributed by atoms with Crippen LogP contribution in [0.4, 0.5) is 0 Å². The van der Waals surface area contributed by atoms with Crippen molar-refractivity contribution >= 4 is 23.5 Å². The molecule has 1 aromatic heterocycles. The molecule has 0 bridgehead atoms. The fourth-order valence-corrected chi connectivity index (χ4v) is 2.09. The molecule has 1 heterocycles. The molecule has 4 nitrogen and oxygen atoms in total. The van der Waals surface area contributed by atoms with Crippen LogP contribution in [0.15, 0.2) is 36.0 Å². The molecule has 0 aliphatic heterocycles. The molecular formula is C17H16ClN3O. The average molecular weight is 314 g/mol. The average Bonchev–Trinajstić information content (AvgIpc) is 2.92. The van der Waals surface area contributed by atoms with Gasteiger partial charge in [-0.05, 0) is 18.2 Å². The Morgan fingerprint density at radius 1 is 1.32 bits per heavy atom. The lowest BCUT2D eigenvalue weighted by Gasteiger charge is -2.15. The van der Waals surface area contributed by atoms with Crippen LogP contribution in [-0.4, -0.2) is 16.0 Å². The molecule has 0 saturated heterocycles. The van der Waals surface area contributed by atoms with Crippen molar-refractivity contribution in [3.8, 4) is 17.3 Å². The highest BCUT2D eigenvalue weighted by molar-refractivity contribution is 6.30. The number of carbonyl (C=O) groups excluding carboxylic acids is 1. The summed E-state index contributed by atoms with van der Waals surface area (Å²) in [7, 11) is 0. The van der Waals surface area contributed by atoms with E-state index < -0.39 is 5.41 Å². The number of ketones is 1. The smallest absolute Gasteiger partial charge is 0.178 e. The van der Waals surface area contributed by atoms with E-state index in [1.165, 1.54) is 0 Å². The lowest BCUT2D eigenvalue weighted by molar-refractivity contribution is -0.121. The third-order valence-electron chi connectivity index (χ3n) is 3.15. The minimum atomic E-state index is -0.605. The normalized spacial score (nSPS) is 12.0. The SMILES string of the molecule is CC(C)(C)C(=O)C(C#N)=Cc1cn[nH]c1-c1ccc(Cl)cc1. The number of hydrogen-bond acceptors (Lipinski definition) is 3. The number of Topliss-reactive ketones (excluding diaryl/α,β-unsaturated/α-hetero) is 1. The summed E-state index contributed by atoms with van der Waals surface area (Å²) < 4.78 is 0. The minimum Gasteiger partial charge on any atom is -0.293 e. The van der Waals surface area contributed by atoms with Crippen LogP contribution < -0.4 is 0 Å². The van der Waals surface area contributed by atoms with E-state index in [1.54, 1.807) is 45.2 Å². The second-order valence-corrected chi connectivity index (χ2v) is 6.39. The quantitative estimate of drug-likeness (QED) is 0.680. The Balaban J connectivity index is 2.45. The van der Waals surface area contributed by atoms with Crippen LogP contribution in [0.2, 0.25) is 5.02 Å². The highest BCUT2D eigenvalue weighted by atomic mass is 35.5. The van der Waals surface area contributed by atoms with Crippen LogP contribution in [0.5, 0.6) is 0 Å². The first-order chi connectivity index (χ1) is 10.3. The fourth-order valence-electron chi connectivity index (χ4n) is 1.96. The highest BCUT2D eigenvalue weighted by Gasteiger charge is 2.25. The Morgan fingerprint density at radius 3 is 2.50 bits per heavy atom. The largest absolute Gasteiger partial charge is 0.293 e. The summed E-state index contributed by atoms with van der Waals surface area (Å²) in [6, 6.07) is 9.24. The molecule has 0 radical (unpaired) electrons. The number of nitrogens with one attached hydrogen (secondary N) is 1. The summed E-state index contributed by atoms with van der Waals surface area (Å²) >= 11 is 5.89. The van der Waals surface area contributed by atoms with Crippen molar-refractivity contribution in [2.75, 3.05) is 0 Å². The van der Waals surface area contributed by atoms with Gasteiger partial charge in [0.1, 0.15) is 6.07 Å². The van der Waals surface area contributed by atoms with E-state index in [0.29, 0.717) is 10.6 Å². The molecule has 112 valence electrons. The lowest BCUT2D eigenvalue weighted by atomic mass is 9.86. The van der Waals surface area contributed by atoms with Gasteiger partial charge in [-0.15, -0.1) is 0 Å². The summed E-state index contributed by atoms with van der Waals surface area (Å²) in [5.74, 6) is -0.196. The van der Waals surface area contributed by atoms with E-state index in [1.807, 2.05) is 18.2 Å². The number of aromatic amines is 1. The maximum absolute atomic E-state index is 12.3. The van der Waals surface area contributed by atoms with Gasteiger partial charge in [0.2, 0.25) is 0 Å². The summed E-state index contributed by atoms with van der Waals surface area (Å²) in [6.07, 6.45) is 3.16. The molecule has 22 heavy (non-hydrogen) atoms. The number of carbonyl (C=O) groups is 1. The maximum Gasteiger partial charge on any atom is 0.178 e. The Bertz CT molecular complexity index is 758. The summed E-state index contributed by atoms with van der Waals surface area (Å²) in [4.78, 5) is 12.3. The molecule has 1 N–H and O–H groups in total. The van der Waals surface area contributed by atoms with Crippen LogP contribution in [0, 0.1) is 16.7 Å². The molecule has 0 fully saturated rings. The predicted octanol–water partition coefficient (Wildman–Crippen LogP) is 4.25. The van der Waals surface area contributed by atoms with Crippen LogP contribution in [0.25, 0.3) is 17.3 Å². The first-order valence-electron chi connectivity index (χ1n) is 6.79. The highest BCUT2D eigenvalue weighted by Crippen LogP contribution is 2.26. The van der Waals surface area contributed by atoms with Crippen molar-refractivity contribution in [3.05, 3.63) is 46.6 Å². The Kier molecular flexibility index (Phi) is 4.48. The van der Waals surface area contributed by atoms with Gasteiger partial charge in [-0.3, -0.25) is 9.89 Å². The molecule has 0 aliphatic carbocycles. The first kappa shape index (κ1) is 16.0. The van der Waals surface area contributed by atoms with E-state index in [4.69, 9.17) is 11.6 Å². The molecule has 0 saturated carbocycles. The molecule has 0 aliphatic rings. The van der Waals surface area contributed by atoms with Crippen molar-refractivity contribution in [3.63, 3.8) is 0 Å². The fraction of sp³-hybridized carbons (Fsp3) is 0.235. The second-order valence-electron chi connectivity index (χ2n) is 5.96. The summed E-state index contributed by atoms with van der Waals surface area (Å²) in [5.41, 5.74) is 1.83. The molecule has 2 rings (SSSR count). The van der Waals surface area contributed by atoms with E-state index >= 15 is 0 Å². The topological polar surface area (TPSA) is 69.5 Å². The van der Waals surface area contributed by atoms with Crippen LogP contribution >= 0.6 is 11.6 Å². The van der Waals surface area contributed by atoms with Crippen molar-refractivity contribution in [1.29, 1.82) is 5.26 Å². The van der Waals surface area contributed by atoms with Gasteiger partial charge in [0.15, 0.2) is 5.78 Å². The van der Waals surface area contributed by atoms with Gasteiger partial charge < -0.3 is 0 Å². The van der Waals surface area contributed by atoms with Gasteiger partial charge in [0.25, 0.3) is 0 Å². The lowest BCUT2D eigenvalue weighted by Crippen LogP contribution is -2.21. The van der Waals surface area contributed by atoms with Crippen LogP contribution in [0.1, 0.15) is 26.3 Å². The van der Waals surface area contributed by atoms with Gasteiger partial charge in [0, 0.05) is 21.6 Å². The molecule has 1 aromatic carbocycles. The van der Waals surface area contributed by atoms with Crippen LogP contribution in [-0.2, 0) is 4.79 Å². The zero-order valence-electron chi connectivity index (χ0n) is 12.6. The molecule has 2 aromatic rings. The number of allylic oxidation sites excluding steroid dienone is 1. The number of nitrogens with zero attached hydrogens (tertiary/aromatic N) is 2. The van der Waals surface area contributed by atoms with Crippen molar-refractivity contribution in [2.45, 2.75) is 20.8 Å². The zero-order chi connectivity index (χ0) is 16.3. The van der Waals surface area contributed by atoms with E-state index in [9.17, 15) is 10.1 Å². The molecule has 0 amide bonds. The number of H-pyrrole nitrogens is 1. The second kappa shape index (κ2) is 6.17. The molecule has 0 unspecified atom stereocenters. The number of halogens is 1. The molecule has 5 heteroatoms. The van der Waals surface area contributed by atoms with Crippen molar-refractivity contribution in [2.24, 2.45) is 5.41 Å². The number of aromatic nitrogens is 2. The van der Waals surface area contributed by atoms with E-state index in [2.05, 4.69) is 10.2 Å². The standard InChI is InChI=1S/C17H16ClN3O/c1-17(2,3)16(22)12(9-19)8-13-10-20-21-15(13)11-4-6-14(18)7-5-11/h4-8,10H,1-3H3,(H,20,21). The van der Waals surface area contributed by atoms with Gasteiger partial charge >= 0.3 is 0 Å². The van der Waals surface area contributed by atoms with Gasteiger partial charge in [-0.2, -0.15) is 10.4 Å². The van der Waals surface area contributed by atoms with Crippen molar-refractivity contribution in [1.82, 2.24) is 10.2 Å². The monoisotopic (exact) mass is 313 g/mol. The third-order valence-corrected chi connectivity index (χ3v) is 3.40. The van der Waals surface area contributed by atoms with Crippen molar-refractivity contribution < 1.29 is 4.79 Å². The third kappa shape index (κ3) is 3.44.